The fraction of sp³-hybridized carbons (Fsp3) is 0.474. The monoisotopic (exact) mass is 435 g/mol. The van der Waals surface area contributed by atoms with Gasteiger partial charge in [-0.15, -0.1) is 11.3 Å². The van der Waals surface area contributed by atoms with Crippen molar-refractivity contribution >= 4 is 38.9 Å². The molecule has 1 unspecified atom stereocenters. The number of para-hydroxylation sites is 1. The van der Waals surface area contributed by atoms with Crippen LogP contribution in [0.4, 0.5) is 5.69 Å². The SMILES string of the molecule is CCc1cnc(CCNC(=NC)NC2CCN(c3ccccc3Br)C2)s1. The number of nitrogens with zero attached hydrogens (tertiary/aromatic N) is 3. The summed E-state index contributed by atoms with van der Waals surface area (Å²) < 4.78 is 1.15. The quantitative estimate of drug-likeness (QED) is 0.538. The molecule has 3 rings (SSSR count). The van der Waals surface area contributed by atoms with Gasteiger partial charge in [0.2, 0.25) is 0 Å². The fourth-order valence-electron chi connectivity index (χ4n) is 3.11. The van der Waals surface area contributed by atoms with Crippen molar-refractivity contribution in [2.24, 2.45) is 4.99 Å². The van der Waals surface area contributed by atoms with Crippen LogP contribution in [0.5, 0.6) is 0 Å². The van der Waals surface area contributed by atoms with Crippen LogP contribution in [-0.2, 0) is 12.8 Å². The average Bonchev–Trinajstić information content (AvgIpc) is 3.30. The van der Waals surface area contributed by atoms with E-state index in [0.29, 0.717) is 6.04 Å². The molecule has 0 amide bonds. The van der Waals surface area contributed by atoms with Crippen molar-refractivity contribution in [1.82, 2.24) is 15.6 Å². The number of aromatic nitrogens is 1. The lowest BCUT2D eigenvalue weighted by Gasteiger charge is -2.21. The lowest BCUT2D eigenvalue weighted by molar-refractivity contribution is 0.648. The summed E-state index contributed by atoms with van der Waals surface area (Å²) in [6.07, 6.45) is 5.08. The predicted octanol–water partition coefficient (Wildman–Crippen LogP) is 3.45. The number of aliphatic imine (C=N–C) groups is 1. The molecule has 1 aliphatic heterocycles. The Morgan fingerprint density at radius 1 is 1.42 bits per heavy atom. The highest BCUT2D eigenvalue weighted by molar-refractivity contribution is 9.10. The molecule has 140 valence electrons. The predicted molar refractivity (Wildman–Crippen MR) is 114 cm³/mol. The molecule has 0 spiro atoms. The lowest BCUT2D eigenvalue weighted by atomic mass is 10.2. The molecule has 1 fully saturated rings. The zero-order chi connectivity index (χ0) is 18.4. The average molecular weight is 436 g/mol. The molecule has 1 saturated heterocycles. The fourth-order valence-corrected chi connectivity index (χ4v) is 4.51. The molecule has 1 atom stereocenters. The van der Waals surface area contributed by atoms with Crippen LogP contribution in [0.3, 0.4) is 0 Å². The van der Waals surface area contributed by atoms with Gasteiger partial charge in [-0.25, -0.2) is 4.98 Å². The van der Waals surface area contributed by atoms with Gasteiger partial charge < -0.3 is 15.5 Å². The molecule has 5 nitrogen and oxygen atoms in total. The van der Waals surface area contributed by atoms with E-state index in [1.54, 1.807) is 11.3 Å². The first kappa shape index (κ1) is 19.2. The third-order valence-electron chi connectivity index (χ3n) is 4.53. The minimum absolute atomic E-state index is 0.403. The van der Waals surface area contributed by atoms with E-state index in [-0.39, 0.29) is 0 Å². The van der Waals surface area contributed by atoms with Gasteiger partial charge in [0.15, 0.2) is 5.96 Å². The summed E-state index contributed by atoms with van der Waals surface area (Å²) in [5.74, 6) is 0.872. The number of rotatable bonds is 6. The van der Waals surface area contributed by atoms with Gasteiger partial charge in [0.1, 0.15) is 0 Å². The molecular weight excluding hydrogens is 410 g/mol. The zero-order valence-corrected chi connectivity index (χ0v) is 17.7. The van der Waals surface area contributed by atoms with E-state index in [4.69, 9.17) is 0 Å². The summed E-state index contributed by atoms with van der Waals surface area (Å²) in [7, 11) is 1.83. The third-order valence-corrected chi connectivity index (χ3v) is 6.40. The number of thiazole rings is 1. The molecule has 0 bridgehead atoms. The Morgan fingerprint density at radius 2 is 2.27 bits per heavy atom. The van der Waals surface area contributed by atoms with Gasteiger partial charge in [0, 0.05) is 54.7 Å². The van der Waals surface area contributed by atoms with E-state index in [1.165, 1.54) is 15.6 Å². The van der Waals surface area contributed by atoms with E-state index >= 15 is 0 Å². The van der Waals surface area contributed by atoms with Crippen LogP contribution >= 0.6 is 27.3 Å². The van der Waals surface area contributed by atoms with Crippen LogP contribution in [0.2, 0.25) is 0 Å². The maximum atomic E-state index is 4.47. The van der Waals surface area contributed by atoms with Gasteiger partial charge in [-0.1, -0.05) is 19.1 Å². The lowest BCUT2D eigenvalue weighted by Crippen LogP contribution is -2.45. The molecule has 1 aromatic heterocycles. The minimum Gasteiger partial charge on any atom is -0.368 e. The second-order valence-electron chi connectivity index (χ2n) is 6.35. The summed E-state index contributed by atoms with van der Waals surface area (Å²) in [5.41, 5.74) is 1.26. The van der Waals surface area contributed by atoms with E-state index in [9.17, 15) is 0 Å². The number of anilines is 1. The maximum Gasteiger partial charge on any atom is 0.191 e. The van der Waals surface area contributed by atoms with Gasteiger partial charge in [-0.05, 0) is 40.9 Å². The van der Waals surface area contributed by atoms with Crippen molar-refractivity contribution in [2.45, 2.75) is 32.2 Å². The Hall–Kier alpha value is -1.60. The molecule has 2 N–H and O–H groups in total. The molecule has 1 aliphatic rings. The number of halogens is 1. The molecule has 1 aromatic carbocycles. The number of guanidine groups is 1. The first-order valence-electron chi connectivity index (χ1n) is 9.09. The molecule has 0 saturated carbocycles. The number of hydrogen-bond donors (Lipinski definition) is 2. The van der Waals surface area contributed by atoms with Gasteiger partial charge in [-0.2, -0.15) is 0 Å². The smallest absolute Gasteiger partial charge is 0.191 e. The largest absolute Gasteiger partial charge is 0.368 e. The van der Waals surface area contributed by atoms with Crippen LogP contribution < -0.4 is 15.5 Å². The topological polar surface area (TPSA) is 52.6 Å². The van der Waals surface area contributed by atoms with Crippen LogP contribution in [0.15, 0.2) is 39.9 Å². The van der Waals surface area contributed by atoms with Crippen molar-refractivity contribution in [3.63, 3.8) is 0 Å². The van der Waals surface area contributed by atoms with E-state index in [1.807, 2.05) is 13.2 Å². The summed E-state index contributed by atoms with van der Waals surface area (Å²) in [6, 6.07) is 8.80. The van der Waals surface area contributed by atoms with Crippen molar-refractivity contribution in [1.29, 1.82) is 0 Å². The highest BCUT2D eigenvalue weighted by atomic mass is 79.9. The number of nitrogens with one attached hydrogen (secondary N) is 2. The first-order valence-corrected chi connectivity index (χ1v) is 10.7. The van der Waals surface area contributed by atoms with Crippen LogP contribution in [0.1, 0.15) is 23.2 Å². The second kappa shape index (κ2) is 9.37. The van der Waals surface area contributed by atoms with Gasteiger partial charge in [-0.3, -0.25) is 4.99 Å². The van der Waals surface area contributed by atoms with Gasteiger partial charge >= 0.3 is 0 Å². The summed E-state index contributed by atoms with van der Waals surface area (Å²) in [4.78, 5) is 12.6. The molecule has 2 heterocycles. The van der Waals surface area contributed by atoms with E-state index in [2.05, 4.69) is 72.6 Å². The van der Waals surface area contributed by atoms with Crippen molar-refractivity contribution < 1.29 is 0 Å². The summed E-state index contributed by atoms with van der Waals surface area (Å²) >= 11 is 5.45. The molecule has 0 aliphatic carbocycles. The third kappa shape index (κ3) is 4.98. The highest BCUT2D eigenvalue weighted by Crippen LogP contribution is 2.28. The molecule has 0 radical (unpaired) electrons. The van der Waals surface area contributed by atoms with Crippen LogP contribution in [0.25, 0.3) is 0 Å². The van der Waals surface area contributed by atoms with Crippen LogP contribution in [0, 0.1) is 0 Å². The molecule has 26 heavy (non-hydrogen) atoms. The van der Waals surface area contributed by atoms with Gasteiger partial charge in [0.05, 0.1) is 10.7 Å². The normalized spacial score (nSPS) is 17.6. The standard InChI is InChI=1S/C19H26BrN5S/c1-3-15-12-23-18(26-15)8-10-22-19(21-2)24-14-9-11-25(13-14)17-7-5-4-6-16(17)20/h4-7,12,14H,3,8-11,13H2,1-2H3,(H2,21,22,24). The van der Waals surface area contributed by atoms with Crippen LogP contribution in [-0.4, -0.2) is 43.7 Å². The first-order chi connectivity index (χ1) is 12.7. The van der Waals surface area contributed by atoms with E-state index < -0.39 is 0 Å². The highest BCUT2D eigenvalue weighted by Gasteiger charge is 2.24. The number of hydrogen-bond acceptors (Lipinski definition) is 4. The number of benzene rings is 1. The molecule has 2 aromatic rings. The second-order valence-corrected chi connectivity index (χ2v) is 8.40. The summed E-state index contributed by atoms with van der Waals surface area (Å²) in [5, 5.41) is 8.15. The summed E-state index contributed by atoms with van der Waals surface area (Å²) in [6.45, 7) is 5.04. The zero-order valence-electron chi connectivity index (χ0n) is 15.3. The maximum absolute atomic E-state index is 4.47. The molecular formula is C19H26BrN5S. The number of aryl methyl sites for hydroxylation is 1. The van der Waals surface area contributed by atoms with Crippen molar-refractivity contribution in [2.75, 3.05) is 31.6 Å². The van der Waals surface area contributed by atoms with Gasteiger partial charge in [0.25, 0.3) is 0 Å². The van der Waals surface area contributed by atoms with E-state index in [0.717, 1.165) is 49.3 Å². The minimum atomic E-state index is 0.403. The Morgan fingerprint density at radius 3 is 3.00 bits per heavy atom. The Bertz CT molecular complexity index is 745. The molecule has 7 heteroatoms. The van der Waals surface area contributed by atoms with Crippen molar-refractivity contribution in [3.05, 3.63) is 44.8 Å². The van der Waals surface area contributed by atoms with Crippen molar-refractivity contribution in [3.8, 4) is 0 Å². The Labute approximate surface area is 168 Å². The Balaban J connectivity index is 1.46. The Kier molecular flexibility index (Phi) is 6.91.